The summed E-state index contributed by atoms with van der Waals surface area (Å²) in [7, 11) is 0.0929. The van der Waals surface area contributed by atoms with Gasteiger partial charge >= 0.3 is 0 Å². The summed E-state index contributed by atoms with van der Waals surface area (Å²) in [6, 6.07) is -0.829. The highest BCUT2D eigenvalue weighted by molar-refractivity contribution is 6.90. The molecular weight excluding hydrogens is 474 g/mol. The zero-order chi connectivity index (χ0) is 28.5. The molecule has 1 N–H and O–H groups in total. The molecule has 37 heavy (non-hydrogen) atoms. The van der Waals surface area contributed by atoms with Crippen LogP contribution in [0.5, 0.6) is 0 Å². The molecule has 1 saturated heterocycles. The zero-order valence-corrected chi connectivity index (χ0v) is 27.3. The van der Waals surface area contributed by atoms with Crippen LogP contribution in [0.3, 0.4) is 0 Å². The second-order valence-corrected chi connectivity index (χ2v) is 18.3. The molecule has 0 aromatic rings. The van der Waals surface area contributed by atoms with Gasteiger partial charge in [-0.1, -0.05) is 94.9 Å². The summed E-state index contributed by atoms with van der Waals surface area (Å²) in [4.78, 5) is 31.7. The smallest absolute Gasteiger partial charge is 0.246 e. The van der Waals surface area contributed by atoms with Crippen molar-refractivity contribution in [2.45, 2.75) is 143 Å². The van der Waals surface area contributed by atoms with E-state index in [-0.39, 0.29) is 35.7 Å². The first-order valence-electron chi connectivity index (χ1n) is 15.1. The van der Waals surface area contributed by atoms with Crippen LogP contribution in [-0.2, 0) is 9.59 Å². The summed E-state index contributed by atoms with van der Waals surface area (Å²) in [5.41, 5.74) is 5.52. The van der Waals surface area contributed by atoms with Gasteiger partial charge in [-0.05, 0) is 61.3 Å². The predicted octanol–water partition coefficient (Wildman–Crippen LogP) is 6.49. The summed E-state index contributed by atoms with van der Waals surface area (Å²) in [6.45, 7) is 26.2. The monoisotopic (exact) mass is 533 g/mol. The Bertz CT molecular complexity index is 761. The van der Waals surface area contributed by atoms with Crippen LogP contribution in [0.15, 0.2) is 0 Å². The van der Waals surface area contributed by atoms with Crippen molar-refractivity contribution in [3.05, 3.63) is 0 Å². The molecule has 0 aromatic carbocycles. The molecule has 2 amide bonds. The van der Waals surface area contributed by atoms with E-state index < -0.39 is 14.1 Å². The van der Waals surface area contributed by atoms with Crippen molar-refractivity contribution in [1.29, 1.82) is 0 Å². The Morgan fingerprint density at radius 3 is 1.97 bits per heavy atom. The number of carbonyl (C=O) groups is 2. The van der Waals surface area contributed by atoms with Gasteiger partial charge in [0.25, 0.3) is 0 Å². The standard InChI is InChI=1S/C31H59N3O2Si/c1-13-19-34(27(22(3)4)18-21-37(23(5)6,24(7)8)25(9)10)31(36)29(26(11)14-2)32-30(35)28-17-15-16-20-33(28)12/h22-29H,13-17,19-20H2,1-12H3,(H,32,35)/t26-,27+,28+,29-/m0/s1. The summed E-state index contributed by atoms with van der Waals surface area (Å²) >= 11 is 0. The quantitative estimate of drug-likeness (QED) is 0.230. The van der Waals surface area contributed by atoms with Crippen LogP contribution < -0.4 is 5.32 Å². The average molecular weight is 534 g/mol. The van der Waals surface area contributed by atoms with Crippen LogP contribution in [0.25, 0.3) is 0 Å². The highest BCUT2D eigenvalue weighted by atomic mass is 28.3. The molecule has 4 atom stereocenters. The third-order valence-corrected chi connectivity index (χ3v) is 15.2. The lowest BCUT2D eigenvalue weighted by atomic mass is 9.94. The van der Waals surface area contributed by atoms with E-state index in [1.54, 1.807) is 0 Å². The normalized spacial score (nSPS) is 19.5. The van der Waals surface area contributed by atoms with E-state index in [4.69, 9.17) is 0 Å². The minimum atomic E-state index is -1.93. The average Bonchev–Trinajstić information content (AvgIpc) is 2.82. The van der Waals surface area contributed by atoms with Crippen molar-refractivity contribution in [1.82, 2.24) is 15.1 Å². The van der Waals surface area contributed by atoms with Gasteiger partial charge in [0.1, 0.15) is 14.1 Å². The fourth-order valence-electron chi connectivity index (χ4n) is 6.38. The Hall–Kier alpha value is -1.32. The van der Waals surface area contributed by atoms with Crippen LogP contribution >= 0.6 is 0 Å². The van der Waals surface area contributed by atoms with Crippen LogP contribution in [0.2, 0.25) is 16.6 Å². The summed E-state index contributed by atoms with van der Waals surface area (Å²) in [6.07, 6.45) is 4.74. The number of hydrogen-bond donors (Lipinski definition) is 1. The van der Waals surface area contributed by atoms with Crippen molar-refractivity contribution in [2.75, 3.05) is 20.1 Å². The summed E-state index contributed by atoms with van der Waals surface area (Å²) in [5, 5.41) is 3.22. The van der Waals surface area contributed by atoms with E-state index in [2.05, 4.69) is 97.8 Å². The van der Waals surface area contributed by atoms with Crippen LogP contribution in [-0.4, -0.2) is 68.0 Å². The number of likely N-dealkylation sites (tertiary alicyclic amines) is 1. The number of likely N-dealkylation sites (N-methyl/N-ethyl adjacent to an activating group) is 1. The van der Waals surface area contributed by atoms with E-state index in [0.717, 1.165) is 38.6 Å². The van der Waals surface area contributed by atoms with Crippen LogP contribution in [0.4, 0.5) is 0 Å². The SMILES string of the molecule is CCCN(C(=O)[C@@H](NC(=O)[C@H]1CCCCN1C)[C@@H](C)CC)[C@H](C#C[Si](C(C)C)(C(C)C)C(C)C)C(C)C. The molecule has 0 saturated carbocycles. The number of nitrogens with zero attached hydrogens (tertiary/aromatic N) is 2. The number of piperidine rings is 1. The second kappa shape index (κ2) is 15.3. The molecule has 1 fully saturated rings. The van der Waals surface area contributed by atoms with E-state index in [1.807, 2.05) is 11.9 Å². The molecule has 214 valence electrons. The van der Waals surface area contributed by atoms with Gasteiger partial charge in [-0.25, -0.2) is 0 Å². The molecule has 0 aliphatic carbocycles. The topological polar surface area (TPSA) is 52.7 Å². The van der Waals surface area contributed by atoms with Crippen molar-refractivity contribution in [3.63, 3.8) is 0 Å². The summed E-state index contributed by atoms with van der Waals surface area (Å²) in [5.74, 6) is 3.99. The first kappa shape index (κ1) is 33.7. The number of rotatable bonds is 12. The van der Waals surface area contributed by atoms with Crippen molar-refractivity contribution in [3.8, 4) is 11.5 Å². The Labute approximate surface area is 230 Å². The molecule has 5 nitrogen and oxygen atoms in total. The lowest BCUT2D eigenvalue weighted by Gasteiger charge is -2.39. The molecule has 0 radical (unpaired) electrons. The largest absolute Gasteiger partial charge is 0.343 e. The molecule has 0 aromatic heterocycles. The van der Waals surface area contributed by atoms with Crippen molar-refractivity contribution >= 4 is 19.9 Å². The predicted molar refractivity (Wildman–Crippen MR) is 161 cm³/mol. The lowest BCUT2D eigenvalue weighted by Crippen LogP contribution is -2.58. The maximum Gasteiger partial charge on any atom is 0.246 e. The fourth-order valence-corrected chi connectivity index (χ4v) is 11.6. The number of amides is 2. The van der Waals surface area contributed by atoms with E-state index in [9.17, 15) is 9.59 Å². The van der Waals surface area contributed by atoms with Gasteiger partial charge in [0.15, 0.2) is 0 Å². The Morgan fingerprint density at radius 2 is 1.54 bits per heavy atom. The van der Waals surface area contributed by atoms with Gasteiger partial charge in [-0.3, -0.25) is 14.5 Å². The Kier molecular flexibility index (Phi) is 14.0. The molecule has 0 spiro atoms. The molecule has 6 heteroatoms. The van der Waals surface area contributed by atoms with Crippen LogP contribution in [0.1, 0.15) is 108 Å². The highest BCUT2D eigenvalue weighted by Crippen LogP contribution is 2.40. The van der Waals surface area contributed by atoms with Gasteiger partial charge in [-0.15, -0.1) is 5.54 Å². The van der Waals surface area contributed by atoms with Gasteiger partial charge < -0.3 is 10.2 Å². The van der Waals surface area contributed by atoms with E-state index in [0.29, 0.717) is 23.2 Å². The van der Waals surface area contributed by atoms with E-state index in [1.165, 1.54) is 0 Å². The molecule has 1 heterocycles. The second-order valence-electron chi connectivity index (χ2n) is 12.8. The lowest BCUT2D eigenvalue weighted by molar-refractivity contribution is -0.141. The van der Waals surface area contributed by atoms with Crippen LogP contribution in [0, 0.1) is 23.3 Å². The van der Waals surface area contributed by atoms with Gasteiger partial charge in [0.05, 0.1) is 12.1 Å². The Balaban J connectivity index is 3.44. The number of carbonyl (C=O) groups excluding carboxylic acids is 2. The molecule has 1 aliphatic rings. The van der Waals surface area contributed by atoms with Gasteiger partial charge in [-0.2, -0.15) is 0 Å². The zero-order valence-electron chi connectivity index (χ0n) is 26.3. The number of nitrogens with one attached hydrogen (secondary N) is 1. The Morgan fingerprint density at radius 1 is 0.973 bits per heavy atom. The maximum absolute atomic E-state index is 14.2. The highest BCUT2D eigenvalue weighted by Gasteiger charge is 2.42. The molecule has 1 aliphatic heterocycles. The van der Waals surface area contributed by atoms with Crippen molar-refractivity contribution < 1.29 is 9.59 Å². The van der Waals surface area contributed by atoms with Crippen molar-refractivity contribution in [2.24, 2.45) is 11.8 Å². The molecule has 1 rings (SSSR count). The molecule has 0 bridgehead atoms. The third-order valence-electron chi connectivity index (χ3n) is 8.87. The first-order valence-corrected chi connectivity index (χ1v) is 17.3. The minimum absolute atomic E-state index is 0.00433. The summed E-state index contributed by atoms with van der Waals surface area (Å²) < 4.78 is 0. The number of hydrogen-bond acceptors (Lipinski definition) is 3. The van der Waals surface area contributed by atoms with Gasteiger partial charge in [0.2, 0.25) is 11.8 Å². The first-order chi connectivity index (χ1) is 17.3. The third kappa shape index (κ3) is 8.33. The maximum atomic E-state index is 14.2. The van der Waals surface area contributed by atoms with E-state index >= 15 is 0 Å². The minimum Gasteiger partial charge on any atom is -0.343 e. The fraction of sp³-hybridized carbons (Fsp3) is 0.871. The molecule has 0 unspecified atom stereocenters. The molecular formula is C31H59N3O2Si. The van der Waals surface area contributed by atoms with Gasteiger partial charge in [0, 0.05) is 6.54 Å².